The van der Waals surface area contributed by atoms with E-state index in [0.717, 1.165) is 34.4 Å². The van der Waals surface area contributed by atoms with E-state index in [1.54, 1.807) is 0 Å². The molecule has 4 unspecified atom stereocenters. The highest BCUT2D eigenvalue weighted by molar-refractivity contribution is 7.90. The van der Waals surface area contributed by atoms with Gasteiger partial charge in [0.25, 0.3) is 0 Å². The lowest BCUT2D eigenvalue weighted by atomic mass is 9.82. The monoisotopic (exact) mass is 488 g/mol. The van der Waals surface area contributed by atoms with Gasteiger partial charge in [0.2, 0.25) is 0 Å². The first kappa shape index (κ1) is 22.9. The fourth-order valence-corrected chi connectivity index (χ4v) is 6.61. The first-order valence-electron chi connectivity index (χ1n) is 10.9. The van der Waals surface area contributed by atoms with Crippen LogP contribution in [0.25, 0.3) is 11.1 Å². The molecule has 0 heterocycles. The molecule has 34 heavy (non-hydrogen) atoms. The number of halogens is 3. The molecule has 178 valence electrons. The van der Waals surface area contributed by atoms with Gasteiger partial charge in [-0.1, -0.05) is 48.5 Å². The highest BCUT2D eigenvalue weighted by Crippen LogP contribution is 2.52. The Bertz CT molecular complexity index is 1260. The second-order valence-corrected chi connectivity index (χ2v) is 10.5. The molecule has 5 nitrogen and oxygen atoms in total. The van der Waals surface area contributed by atoms with E-state index in [4.69, 9.17) is 4.78 Å². The third kappa shape index (κ3) is 4.19. The highest BCUT2D eigenvalue weighted by Gasteiger charge is 2.44. The van der Waals surface area contributed by atoms with Crippen molar-refractivity contribution in [3.63, 3.8) is 0 Å². The molecule has 4 atom stereocenters. The molecule has 2 aliphatic carbocycles. The van der Waals surface area contributed by atoms with Gasteiger partial charge in [-0.2, -0.15) is 0 Å². The van der Waals surface area contributed by atoms with Crippen LogP contribution in [0.1, 0.15) is 29.9 Å². The summed E-state index contributed by atoms with van der Waals surface area (Å²) >= 11 is 0. The number of alkyl halides is 3. The van der Waals surface area contributed by atoms with Gasteiger partial charge in [-0.15, -0.1) is 13.2 Å². The van der Waals surface area contributed by atoms with E-state index in [1.807, 2.05) is 24.3 Å². The summed E-state index contributed by atoms with van der Waals surface area (Å²) in [5.41, 5.74) is 4.61. The van der Waals surface area contributed by atoms with Crippen molar-refractivity contribution in [2.45, 2.75) is 42.2 Å². The van der Waals surface area contributed by atoms with E-state index >= 15 is 0 Å². The molecule has 0 saturated heterocycles. The SMILES string of the molecule is N=S(=O)(NC1CCC(C2c3ccccc3-c3ccccc32)C1O)c1ccc(OC(F)(F)F)cc1. The van der Waals surface area contributed by atoms with Gasteiger partial charge in [0.1, 0.15) is 15.7 Å². The lowest BCUT2D eigenvalue weighted by molar-refractivity contribution is -0.274. The van der Waals surface area contributed by atoms with Crippen LogP contribution in [0.2, 0.25) is 0 Å². The molecule has 0 aliphatic heterocycles. The maximum atomic E-state index is 13.1. The largest absolute Gasteiger partial charge is 0.573 e. The van der Waals surface area contributed by atoms with Gasteiger partial charge in [-0.25, -0.2) is 13.7 Å². The highest BCUT2D eigenvalue weighted by atomic mass is 32.2. The van der Waals surface area contributed by atoms with Crippen LogP contribution in [0.4, 0.5) is 13.2 Å². The number of aliphatic hydroxyl groups excluding tert-OH is 1. The summed E-state index contributed by atoms with van der Waals surface area (Å²) in [6.07, 6.45) is -4.47. The topological polar surface area (TPSA) is 82.4 Å². The Kier molecular flexibility index (Phi) is 5.66. The third-order valence-corrected chi connectivity index (χ3v) is 8.25. The number of aliphatic hydroxyl groups is 1. The molecular weight excluding hydrogens is 465 g/mol. The number of hydrogen-bond donors (Lipinski definition) is 3. The minimum atomic E-state index is -4.83. The van der Waals surface area contributed by atoms with Crippen LogP contribution in [0.5, 0.6) is 5.75 Å². The van der Waals surface area contributed by atoms with E-state index in [1.165, 1.54) is 12.1 Å². The first-order chi connectivity index (χ1) is 16.1. The molecule has 1 saturated carbocycles. The van der Waals surface area contributed by atoms with Gasteiger partial charge in [0.15, 0.2) is 0 Å². The van der Waals surface area contributed by atoms with Crippen LogP contribution in [-0.4, -0.2) is 27.8 Å². The van der Waals surface area contributed by atoms with Crippen LogP contribution >= 0.6 is 0 Å². The van der Waals surface area contributed by atoms with Crippen molar-refractivity contribution in [1.29, 1.82) is 4.78 Å². The average molecular weight is 489 g/mol. The Morgan fingerprint density at radius 3 is 2.03 bits per heavy atom. The molecule has 2 aliphatic rings. The minimum Gasteiger partial charge on any atom is -0.406 e. The maximum absolute atomic E-state index is 13.1. The van der Waals surface area contributed by atoms with E-state index in [-0.39, 0.29) is 16.7 Å². The summed E-state index contributed by atoms with van der Waals surface area (Å²) in [4.78, 5) is 0.0224. The Hall–Kier alpha value is -2.88. The Morgan fingerprint density at radius 1 is 0.912 bits per heavy atom. The number of rotatable bonds is 5. The van der Waals surface area contributed by atoms with Crippen molar-refractivity contribution in [3.8, 4) is 16.9 Å². The fraction of sp³-hybridized carbons (Fsp3) is 0.280. The lowest BCUT2D eigenvalue weighted by Gasteiger charge is -2.27. The van der Waals surface area contributed by atoms with Gasteiger partial charge < -0.3 is 9.84 Å². The Morgan fingerprint density at radius 2 is 1.47 bits per heavy atom. The standard InChI is InChI=1S/C25H23F3N2O3S/c26-25(27,28)33-15-9-11-16(12-10-15)34(29,32)30-22-14-13-21(24(22)31)23-19-7-3-1-5-17(19)18-6-2-4-8-20(18)23/h1-12,21-24,31H,13-14H2,(H2,29,30,32). The van der Waals surface area contributed by atoms with Crippen LogP contribution in [0, 0.1) is 10.7 Å². The number of benzene rings is 3. The lowest BCUT2D eigenvalue weighted by Crippen LogP contribution is -2.42. The molecule has 0 aromatic heterocycles. The quantitative estimate of drug-likeness (QED) is 0.447. The first-order valence-corrected chi connectivity index (χ1v) is 12.5. The van der Waals surface area contributed by atoms with Crippen molar-refractivity contribution in [3.05, 3.63) is 83.9 Å². The second-order valence-electron chi connectivity index (χ2n) is 8.68. The molecule has 9 heteroatoms. The van der Waals surface area contributed by atoms with Crippen molar-refractivity contribution >= 4 is 9.92 Å². The summed E-state index contributed by atoms with van der Waals surface area (Å²) in [6, 6.07) is 20.1. The zero-order valence-electron chi connectivity index (χ0n) is 18.0. The number of hydrogen-bond acceptors (Lipinski definition) is 4. The number of nitrogens with one attached hydrogen (secondary N) is 2. The van der Waals surface area contributed by atoms with Crippen molar-refractivity contribution in [1.82, 2.24) is 4.72 Å². The van der Waals surface area contributed by atoms with Crippen LogP contribution in [-0.2, 0) is 9.92 Å². The number of fused-ring (bicyclic) bond motifs is 3. The predicted molar refractivity (Wildman–Crippen MR) is 122 cm³/mol. The van der Waals surface area contributed by atoms with Crippen molar-refractivity contribution in [2.75, 3.05) is 0 Å². The van der Waals surface area contributed by atoms with Gasteiger partial charge in [-0.05, 0) is 65.3 Å². The van der Waals surface area contributed by atoms with E-state index in [0.29, 0.717) is 12.8 Å². The molecular formula is C25H23F3N2O3S. The van der Waals surface area contributed by atoms with Crippen LogP contribution < -0.4 is 9.46 Å². The zero-order chi connectivity index (χ0) is 24.1. The van der Waals surface area contributed by atoms with E-state index < -0.39 is 34.2 Å². The van der Waals surface area contributed by atoms with Crippen LogP contribution in [0.3, 0.4) is 0 Å². The normalized spacial score (nSPS) is 23.8. The summed E-state index contributed by atoms with van der Waals surface area (Å²) < 4.78 is 65.2. The molecule has 0 amide bonds. The molecule has 5 rings (SSSR count). The van der Waals surface area contributed by atoms with E-state index in [2.05, 4.69) is 33.7 Å². The third-order valence-electron chi connectivity index (χ3n) is 6.68. The molecule has 0 bridgehead atoms. The summed E-state index contributed by atoms with van der Waals surface area (Å²) in [6.45, 7) is 0. The summed E-state index contributed by atoms with van der Waals surface area (Å²) in [5.74, 6) is -0.583. The van der Waals surface area contributed by atoms with Crippen molar-refractivity contribution in [2.24, 2.45) is 5.92 Å². The zero-order valence-corrected chi connectivity index (χ0v) is 18.8. The maximum Gasteiger partial charge on any atom is 0.573 e. The fourth-order valence-electron chi connectivity index (χ4n) is 5.27. The molecule has 3 aromatic rings. The molecule has 1 fully saturated rings. The van der Waals surface area contributed by atoms with Crippen molar-refractivity contribution < 1.29 is 27.2 Å². The molecule has 0 radical (unpaired) electrons. The van der Waals surface area contributed by atoms with Gasteiger partial charge in [0.05, 0.1) is 11.0 Å². The summed E-state index contributed by atoms with van der Waals surface area (Å²) in [5, 5.41) is 11.2. The van der Waals surface area contributed by atoms with E-state index in [9.17, 15) is 22.5 Å². The minimum absolute atomic E-state index is 0.00483. The number of ether oxygens (including phenoxy) is 1. The Balaban J connectivity index is 1.35. The Labute approximate surface area is 195 Å². The molecule has 3 N–H and O–H groups in total. The smallest absolute Gasteiger partial charge is 0.406 e. The van der Waals surface area contributed by atoms with Gasteiger partial charge >= 0.3 is 6.36 Å². The molecule has 3 aromatic carbocycles. The van der Waals surface area contributed by atoms with Gasteiger partial charge in [-0.3, -0.25) is 0 Å². The molecule has 0 spiro atoms. The van der Waals surface area contributed by atoms with Gasteiger partial charge in [0, 0.05) is 12.0 Å². The second kappa shape index (κ2) is 8.41. The average Bonchev–Trinajstić information content (AvgIpc) is 3.30. The summed E-state index contributed by atoms with van der Waals surface area (Å²) in [7, 11) is -3.55. The van der Waals surface area contributed by atoms with Crippen LogP contribution in [0.15, 0.2) is 77.7 Å². The predicted octanol–water partition coefficient (Wildman–Crippen LogP) is 5.45.